The molecule has 0 radical (unpaired) electrons. The number of amides is 1. The molecule has 0 N–H and O–H groups in total. The summed E-state index contributed by atoms with van der Waals surface area (Å²) >= 11 is 5.50. The van der Waals surface area contributed by atoms with Crippen molar-refractivity contribution in [2.75, 3.05) is 22.9 Å². The van der Waals surface area contributed by atoms with Crippen LogP contribution < -0.4 is 14.5 Å². The van der Waals surface area contributed by atoms with E-state index >= 15 is 4.39 Å². The molecular weight excluding hydrogens is 508 g/mol. The number of halogens is 4. The van der Waals surface area contributed by atoms with E-state index in [1.165, 1.54) is 29.2 Å². The average Bonchev–Trinajstić information content (AvgIpc) is 3.35. The monoisotopic (exact) mass is 532 g/mol. The van der Waals surface area contributed by atoms with Gasteiger partial charge in [-0.3, -0.25) is 9.69 Å². The molecule has 2 fully saturated rings. The third kappa shape index (κ3) is 4.73. The van der Waals surface area contributed by atoms with Crippen LogP contribution in [-0.2, 0) is 11.0 Å². The molecule has 2 heterocycles. The van der Waals surface area contributed by atoms with Crippen molar-refractivity contribution in [3.8, 4) is 11.8 Å². The van der Waals surface area contributed by atoms with Gasteiger partial charge in [0.1, 0.15) is 11.6 Å². The SMILES string of the molecule is C=C(C)N1CCC(Oc2ccc(N3C(=S)N(c4ccc(C#N)c(C(F)(F)F)c4)C(=O)C3(C)C)cc2F)C1. The fourth-order valence-corrected chi connectivity index (χ4v) is 5.06. The third-order valence-electron chi connectivity index (χ3n) is 6.51. The number of thiocarbonyl (C=S) groups is 1. The van der Waals surface area contributed by atoms with Crippen molar-refractivity contribution in [1.82, 2.24) is 4.90 Å². The molecule has 4 rings (SSSR count). The van der Waals surface area contributed by atoms with Gasteiger partial charge in [-0.1, -0.05) is 6.58 Å². The molecule has 194 valence electrons. The zero-order chi connectivity index (χ0) is 27.3. The van der Waals surface area contributed by atoms with E-state index in [-0.39, 0.29) is 28.3 Å². The van der Waals surface area contributed by atoms with Crippen LogP contribution in [0.4, 0.5) is 28.9 Å². The minimum atomic E-state index is -4.81. The number of hydrogen-bond acceptors (Lipinski definition) is 5. The van der Waals surface area contributed by atoms with E-state index in [1.807, 2.05) is 6.92 Å². The number of ether oxygens (including phenoxy) is 1. The molecule has 0 saturated carbocycles. The molecule has 6 nitrogen and oxygen atoms in total. The fraction of sp³-hybridized carbons (Fsp3) is 0.346. The summed E-state index contributed by atoms with van der Waals surface area (Å²) in [6.45, 7) is 10.2. The minimum absolute atomic E-state index is 0.0466. The molecule has 2 aliphatic heterocycles. The predicted octanol–water partition coefficient (Wildman–Crippen LogP) is 5.62. The molecular formula is C26H24F4N4O2S. The number of nitrogens with zero attached hydrogens (tertiary/aromatic N) is 4. The van der Waals surface area contributed by atoms with Crippen molar-refractivity contribution in [3.63, 3.8) is 0 Å². The maximum atomic E-state index is 15.1. The van der Waals surface area contributed by atoms with E-state index in [9.17, 15) is 18.0 Å². The Hall–Kier alpha value is -3.65. The molecule has 1 unspecified atom stereocenters. The van der Waals surface area contributed by atoms with E-state index in [0.717, 1.165) is 29.3 Å². The first kappa shape index (κ1) is 26.4. The lowest BCUT2D eigenvalue weighted by atomic mass is 10.0. The molecule has 37 heavy (non-hydrogen) atoms. The number of alkyl halides is 3. The second-order valence-corrected chi connectivity index (χ2v) is 9.85. The first-order valence-electron chi connectivity index (χ1n) is 11.4. The molecule has 11 heteroatoms. The summed E-state index contributed by atoms with van der Waals surface area (Å²) in [6, 6.07) is 8.63. The van der Waals surface area contributed by atoms with Crippen LogP contribution in [0.1, 0.15) is 38.3 Å². The van der Waals surface area contributed by atoms with E-state index in [0.29, 0.717) is 13.0 Å². The van der Waals surface area contributed by atoms with Gasteiger partial charge < -0.3 is 14.5 Å². The summed E-state index contributed by atoms with van der Waals surface area (Å²) < 4.78 is 61.5. The first-order chi connectivity index (χ1) is 17.3. The fourth-order valence-electron chi connectivity index (χ4n) is 4.53. The summed E-state index contributed by atoms with van der Waals surface area (Å²) in [6.07, 6.45) is -4.30. The Balaban J connectivity index is 1.63. The van der Waals surface area contributed by atoms with Crippen molar-refractivity contribution in [2.24, 2.45) is 0 Å². The molecule has 0 aromatic heterocycles. The van der Waals surface area contributed by atoms with Crippen molar-refractivity contribution in [2.45, 2.75) is 45.0 Å². The smallest absolute Gasteiger partial charge is 0.417 e. The molecule has 0 spiro atoms. The highest BCUT2D eigenvalue weighted by atomic mass is 32.1. The second-order valence-electron chi connectivity index (χ2n) is 9.48. The average molecular weight is 533 g/mol. The molecule has 2 aliphatic rings. The van der Waals surface area contributed by atoms with Crippen LogP contribution in [0.5, 0.6) is 5.75 Å². The van der Waals surface area contributed by atoms with Gasteiger partial charge in [-0.2, -0.15) is 18.4 Å². The molecule has 1 atom stereocenters. The number of hydrogen-bond donors (Lipinski definition) is 0. The zero-order valence-corrected chi connectivity index (χ0v) is 21.2. The van der Waals surface area contributed by atoms with Gasteiger partial charge in [0.15, 0.2) is 16.7 Å². The van der Waals surface area contributed by atoms with Crippen molar-refractivity contribution < 1.29 is 27.1 Å². The third-order valence-corrected chi connectivity index (χ3v) is 6.87. The second kappa shape index (κ2) is 9.34. The molecule has 0 aliphatic carbocycles. The number of allylic oxidation sites excluding steroid dienone is 1. The maximum Gasteiger partial charge on any atom is 0.417 e. The Kier molecular flexibility index (Phi) is 6.67. The predicted molar refractivity (Wildman–Crippen MR) is 135 cm³/mol. The molecule has 2 aromatic carbocycles. The first-order valence-corrected chi connectivity index (χ1v) is 11.8. The number of carbonyl (C=O) groups excluding carboxylic acids is 1. The van der Waals surface area contributed by atoms with Gasteiger partial charge in [-0.15, -0.1) is 0 Å². The summed E-state index contributed by atoms with van der Waals surface area (Å²) in [5, 5.41) is 8.96. The highest BCUT2D eigenvalue weighted by Gasteiger charge is 2.51. The van der Waals surface area contributed by atoms with E-state index in [4.69, 9.17) is 22.2 Å². The van der Waals surface area contributed by atoms with Crippen LogP contribution >= 0.6 is 12.2 Å². The highest BCUT2D eigenvalue weighted by molar-refractivity contribution is 7.81. The normalized spacial score (nSPS) is 19.4. The lowest BCUT2D eigenvalue weighted by molar-refractivity contribution is -0.137. The van der Waals surface area contributed by atoms with Gasteiger partial charge >= 0.3 is 6.18 Å². The minimum Gasteiger partial charge on any atom is -0.485 e. The number of carbonyl (C=O) groups is 1. The Morgan fingerprint density at radius 2 is 1.89 bits per heavy atom. The quantitative estimate of drug-likeness (QED) is 0.368. The number of rotatable bonds is 5. The molecule has 0 bridgehead atoms. The number of benzene rings is 2. The van der Waals surface area contributed by atoms with Crippen LogP contribution in [0.25, 0.3) is 0 Å². The molecule has 2 aromatic rings. The van der Waals surface area contributed by atoms with Gasteiger partial charge in [-0.05, 0) is 63.3 Å². The van der Waals surface area contributed by atoms with Gasteiger partial charge in [0.25, 0.3) is 5.91 Å². The van der Waals surface area contributed by atoms with Crippen molar-refractivity contribution >= 4 is 34.6 Å². The van der Waals surface area contributed by atoms with E-state index in [1.54, 1.807) is 19.9 Å². The summed E-state index contributed by atoms with van der Waals surface area (Å²) in [5.41, 5.74) is -2.06. The Bertz CT molecular complexity index is 1330. The van der Waals surface area contributed by atoms with Crippen molar-refractivity contribution in [1.29, 1.82) is 5.26 Å². The van der Waals surface area contributed by atoms with E-state index in [2.05, 4.69) is 11.5 Å². The lowest BCUT2D eigenvalue weighted by Gasteiger charge is -2.29. The van der Waals surface area contributed by atoms with Crippen molar-refractivity contribution in [3.05, 3.63) is 65.6 Å². The standard InChI is InChI=1S/C26H24F4N4O2S/c1-15(2)32-10-9-19(14-32)36-22-8-7-18(12-21(22)27)34-24(37)33(23(35)25(34,3)4)17-6-5-16(13-31)20(11-17)26(28,29)30/h5-8,11-12,19H,1,9-10,14H2,2-4H3. The number of likely N-dealkylation sites (tertiary alicyclic amines) is 1. The lowest BCUT2D eigenvalue weighted by Crippen LogP contribution is -2.44. The Labute approximate surface area is 217 Å². The summed E-state index contributed by atoms with van der Waals surface area (Å²) in [4.78, 5) is 17.7. The summed E-state index contributed by atoms with van der Waals surface area (Å²) in [7, 11) is 0. The van der Waals surface area contributed by atoms with Crippen LogP contribution in [0.15, 0.2) is 48.7 Å². The number of nitriles is 1. The van der Waals surface area contributed by atoms with Crippen LogP contribution in [-0.4, -0.2) is 40.7 Å². The topological polar surface area (TPSA) is 59.8 Å². The number of anilines is 2. The van der Waals surface area contributed by atoms with Gasteiger partial charge in [0.05, 0.1) is 29.4 Å². The largest absolute Gasteiger partial charge is 0.485 e. The molecule has 2 saturated heterocycles. The maximum absolute atomic E-state index is 15.1. The van der Waals surface area contributed by atoms with Crippen LogP contribution in [0.3, 0.4) is 0 Å². The Morgan fingerprint density at radius 3 is 2.46 bits per heavy atom. The van der Waals surface area contributed by atoms with Gasteiger partial charge in [0, 0.05) is 30.4 Å². The zero-order valence-electron chi connectivity index (χ0n) is 20.4. The Morgan fingerprint density at radius 1 is 1.22 bits per heavy atom. The molecule has 1 amide bonds. The van der Waals surface area contributed by atoms with Crippen LogP contribution in [0, 0.1) is 17.1 Å². The van der Waals surface area contributed by atoms with Crippen LogP contribution in [0.2, 0.25) is 0 Å². The summed E-state index contributed by atoms with van der Waals surface area (Å²) in [5.74, 6) is -1.21. The van der Waals surface area contributed by atoms with E-state index < -0.39 is 34.6 Å². The van der Waals surface area contributed by atoms with Gasteiger partial charge in [0.2, 0.25) is 0 Å². The van der Waals surface area contributed by atoms with Gasteiger partial charge in [-0.25, -0.2) is 4.39 Å². The highest BCUT2D eigenvalue weighted by Crippen LogP contribution is 2.40.